The molecule has 3 atom stereocenters. The van der Waals surface area contributed by atoms with Gasteiger partial charge in [0.1, 0.15) is 22.8 Å². The summed E-state index contributed by atoms with van der Waals surface area (Å²) < 4.78 is 33.1. The Balaban J connectivity index is 1.24. The highest BCUT2D eigenvalue weighted by atomic mass is 32.2. The number of nitrogen functional groups attached to an aromatic ring is 1. The number of nitrogens with two attached hydrogens (primary N) is 1. The summed E-state index contributed by atoms with van der Waals surface area (Å²) in [5.41, 5.74) is 10.6. The van der Waals surface area contributed by atoms with Crippen molar-refractivity contribution in [2.75, 3.05) is 18.6 Å². The molecule has 5 aromatic rings. The first kappa shape index (κ1) is 28.0. The predicted molar refractivity (Wildman–Crippen MR) is 162 cm³/mol. The molecular formula is C30H31N9O4S. The Morgan fingerprint density at radius 3 is 2.41 bits per heavy atom. The maximum Gasteiger partial charge on any atom is 0.292 e. The molecule has 2 aliphatic heterocycles. The number of benzene rings is 1. The van der Waals surface area contributed by atoms with Gasteiger partial charge in [0.15, 0.2) is 15.5 Å². The average molecular weight is 614 g/mol. The van der Waals surface area contributed by atoms with Crippen molar-refractivity contribution < 1.29 is 17.9 Å². The summed E-state index contributed by atoms with van der Waals surface area (Å²) in [5, 5.41) is 12.1. The summed E-state index contributed by atoms with van der Waals surface area (Å²) in [7, 11) is -3.76. The Morgan fingerprint density at radius 1 is 1.07 bits per heavy atom. The number of H-pyrrole nitrogens is 1. The molecule has 2 saturated heterocycles. The monoisotopic (exact) mass is 613 g/mol. The fraction of sp³-hybridized carbons (Fsp3) is 0.333. The van der Waals surface area contributed by atoms with E-state index >= 15 is 0 Å². The van der Waals surface area contributed by atoms with Gasteiger partial charge in [0.05, 0.1) is 24.2 Å². The minimum Gasteiger partial charge on any atom is -0.494 e. The molecular weight excluding hydrogens is 582 g/mol. The van der Waals surface area contributed by atoms with Gasteiger partial charge in [0, 0.05) is 47.1 Å². The Hall–Kier alpha value is -4.85. The van der Waals surface area contributed by atoms with Crippen LogP contribution in [0.4, 0.5) is 5.82 Å². The maximum atomic E-state index is 13.2. The van der Waals surface area contributed by atoms with Crippen LogP contribution in [0.5, 0.6) is 5.75 Å². The average Bonchev–Trinajstić information content (AvgIpc) is 3.75. The Morgan fingerprint density at radius 2 is 1.80 bits per heavy atom. The van der Waals surface area contributed by atoms with Crippen LogP contribution in [0.25, 0.3) is 28.0 Å². The van der Waals surface area contributed by atoms with Crippen LogP contribution in [-0.4, -0.2) is 78.9 Å². The zero-order valence-electron chi connectivity index (χ0n) is 24.2. The van der Waals surface area contributed by atoms with E-state index in [1.165, 1.54) is 10.8 Å². The van der Waals surface area contributed by atoms with Crippen molar-refractivity contribution in [2.24, 2.45) is 0 Å². The number of hydrogen-bond donors (Lipinski definition) is 2. The molecule has 0 unspecified atom stereocenters. The number of anilines is 1. The van der Waals surface area contributed by atoms with Gasteiger partial charge in [-0.1, -0.05) is 6.07 Å². The van der Waals surface area contributed by atoms with Crippen molar-refractivity contribution in [3.63, 3.8) is 0 Å². The molecule has 0 saturated carbocycles. The van der Waals surface area contributed by atoms with Crippen molar-refractivity contribution in [1.82, 2.24) is 39.7 Å². The van der Waals surface area contributed by atoms with Gasteiger partial charge in [-0.3, -0.25) is 9.78 Å². The molecule has 3 N–H and O–H groups in total. The molecule has 44 heavy (non-hydrogen) atoms. The lowest BCUT2D eigenvalue weighted by atomic mass is 9.87. The van der Waals surface area contributed by atoms with Crippen molar-refractivity contribution in [2.45, 2.75) is 55.5 Å². The number of ether oxygens (including phenoxy) is 1. The number of aromatic nitrogens is 7. The molecule has 2 bridgehead atoms. The summed E-state index contributed by atoms with van der Waals surface area (Å²) in [5.74, 6) is 0.606. The van der Waals surface area contributed by atoms with Crippen LogP contribution in [0.2, 0.25) is 0 Å². The van der Waals surface area contributed by atoms with Gasteiger partial charge < -0.3 is 20.4 Å². The topological polar surface area (TPSA) is 174 Å². The maximum absolute atomic E-state index is 13.2. The van der Waals surface area contributed by atoms with E-state index in [1.54, 1.807) is 12.4 Å². The van der Waals surface area contributed by atoms with E-state index in [1.807, 2.05) is 48.2 Å². The van der Waals surface area contributed by atoms with E-state index in [9.17, 15) is 13.2 Å². The highest BCUT2D eigenvalue weighted by Gasteiger charge is 2.46. The fourth-order valence-corrected chi connectivity index (χ4v) is 7.71. The number of hydrogen-bond acceptors (Lipinski definition) is 10. The highest BCUT2D eigenvalue weighted by molar-refractivity contribution is 7.91. The van der Waals surface area contributed by atoms with E-state index < -0.39 is 9.84 Å². The number of rotatable bonds is 7. The standard InChI is InChI=1S/C30H31N9O4S/c1-3-43-22-9-4-17(5-10-22)24-11-6-18(14-32-24)23-15-35-39-27(31)26(44(2,41)42)25(36-29(23)39)19-12-20-7-8-21(13-19)38(20)30(40)28-33-16-34-37-28/h4-6,9-11,14-16,19-21H,3,7-8,12-13,31H2,1-2H3,(H,33,34,37)/t19-,20+,21-. The SMILES string of the molecule is CCOc1ccc(-c2ccc(-c3cnn4c(N)c(S(C)(=O)=O)c([C@H]5C[C@H]6CC[C@@H](C5)N6C(=O)c5nnc[nH]5)nc34)cn2)cc1. The quantitative estimate of drug-likeness (QED) is 0.276. The molecule has 1 amide bonds. The van der Waals surface area contributed by atoms with Gasteiger partial charge in [-0.15, -0.1) is 10.2 Å². The van der Waals surface area contributed by atoms with E-state index in [0.717, 1.165) is 41.7 Å². The van der Waals surface area contributed by atoms with Gasteiger partial charge in [-0.25, -0.2) is 13.4 Å². The van der Waals surface area contributed by atoms with Crippen molar-refractivity contribution in [3.05, 3.63) is 66.6 Å². The molecule has 226 valence electrons. The second-order valence-corrected chi connectivity index (χ2v) is 13.2. The van der Waals surface area contributed by atoms with Crippen LogP contribution in [0, 0.1) is 0 Å². The fourth-order valence-electron chi connectivity index (χ4n) is 6.66. The zero-order chi connectivity index (χ0) is 30.6. The first-order valence-corrected chi connectivity index (χ1v) is 16.4. The number of sulfone groups is 1. The summed E-state index contributed by atoms with van der Waals surface area (Å²) in [6.45, 7) is 2.54. The van der Waals surface area contributed by atoms with Crippen LogP contribution >= 0.6 is 0 Å². The summed E-state index contributed by atoms with van der Waals surface area (Å²) >= 11 is 0. The number of carbonyl (C=O) groups is 1. The largest absolute Gasteiger partial charge is 0.494 e. The van der Waals surface area contributed by atoms with Crippen LogP contribution in [-0.2, 0) is 9.84 Å². The van der Waals surface area contributed by atoms with Crippen LogP contribution in [0.1, 0.15) is 54.8 Å². The van der Waals surface area contributed by atoms with Crippen LogP contribution in [0.15, 0.2) is 60.0 Å². The van der Waals surface area contributed by atoms with Crippen LogP contribution in [0.3, 0.4) is 0 Å². The van der Waals surface area contributed by atoms with Gasteiger partial charge >= 0.3 is 0 Å². The Labute approximate surface area is 253 Å². The second kappa shape index (κ2) is 10.7. The highest BCUT2D eigenvalue weighted by Crippen LogP contribution is 2.45. The summed E-state index contributed by atoms with van der Waals surface area (Å²) in [4.78, 5) is 27.5. The lowest BCUT2D eigenvalue weighted by Crippen LogP contribution is -2.46. The molecule has 13 nitrogen and oxygen atoms in total. The molecule has 4 aromatic heterocycles. The number of pyridine rings is 1. The van der Waals surface area contributed by atoms with Gasteiger partial charge in [0.25, 0.3) is 5.91 Å². The predicted octanol–water partition coefficient (Wildman–Crippen LogP) is 3.51. The molecule has 0 aliphatic carbocycles. The first-order valence-electron chi connectivity index (χ1n) is 14.5. The molecule has 14 heteroatoms. The van der Waals surface area contributed by atoms with Crippen molar-refractivity contribution >= 4 is 27.2 Å². The lowest BCUT2D eigenvalue weighted by Gasteiger charge is -2.38. The third-order valence-corrected chi connectivity index (χ3v) is 9.70. The Bertz CT molecular complexity index is 1940. The number of piperidine rings is 1. The third-order valence-electron chi connectivity index (χ3n) is 8.54. The first-order chi connectivity index (χ1) is 21.2. The lowest BCUT2D eigenvalue weighted by molar-refractivity contribution is 0.0556. The van der Waals surface area contributed by atoms with E-state index in [4.69, 9.17) is 15.5 Å². The molecule has 6 heterocycles. The number of carbonyl (C=O) groups excluding carboxylic acids is 1. The normalized spacial score (nSPS) is 19.9. The smallest absolute Gasteiger partial charge is 0.292 e. The van der Waals surface area contributed by atoms with Gasteiger partial charge in [-0.2, -0.15) is 9.61 Å². The number of nitrogens with one attached hydrogen (secondary N) is 1. The second-order valence-electron chi connectivity index (χ2n) is 11.3. The van der Waals surface area contributed by atoms with E-state index in [0.29, 0.717) is 36.4 Å². The minimum absolute atomic E-state index is 0.0111. The minimum atomic E-state index is -3.76. The van der Waals surface area contributed by atoms with E-state index in [-0.39, 0.29) is 40.4 Å². The molecule has 1 aromatic carbocycles. The number of nitrogens with zero attached hydrogens (tertiary/aromatic N) is 7. The summed E-state index contributed by atoms with van der Waals surface area (Å²) in [6, 6.07) is 11.4. The van der Waals surface area contributed by atoms with E-state index in [2.05, 4.69) is 25.3 Å². The van der Waals surface area contributed by atoms with Crippen molar-refractivity contribution in [3.8, 4) is 28.1 Å². The van der Waals surface area contributed by atoms with Gasteiger partial charge in [0.2, 0.25) is 5.82 Å². The molecule has 2 aliphatic rings. The number of amides is 1. The van der Waals surface area contributed by atoms with Crippen LogP contribution < -0.4 is 10.5 Å². The Kier molecular flexibility index (Phi) is 6.80. The van der Waals surface area contributed by atoms with Gasteiger partial charge in [-0.05, 0) is 62.9 Å². The number of aromatic amines is 1. The molecule has 0 radical (unpaired) electrons. The molecule has 7 rings (SSSR count). The number of fused-ring (bicyclic) bond motifs is 3. The third kappa shape index (κ3) is 4.75. The summed E-state index contributed by atoms with van der Waals surface area (Å²) in [6.07, 6.45) is 8.65. The zero-order valence-corrected chi connectivity index (χ0v) is 25.0. The van der Waals surface area contributed by atoms with Crippen molar-refractivity contribution in [1.29, 1.82) is 0 Å². The molecule has 0 spiro atoms. The molecule has 2 fully saturated rings.